The van der Waals surface area contributed by atoms with Crippen LogP contribution in [-0.2, 0) is 9.59 Å². The topological polar surface area (TPSA) is 74.6 Å². The maximum atomic E-state index is 10.3. The maximum Gasteiger partial charge on any atom is 0.316 e. The SMILES string of the molecule is CCCCCCCCCCCCCCCC(=O)O.CCCCCCCCCCCCCCCCCC(=O)O.[MgH2].[MgH2]. The van der Waals surface area contributed by atoms with Crippen LogP contribution in [0.25, 0.3) is 0 Å². The first-order chi connectivity index (χ1) is 18.5. The molecule has 0 radical (unpaired) electrons. The van der Waals surface area contributed by atoms with Crippen LogP contribution in [-0.4, -0.2) is 68.3 Å². The minimum absolute atomic E-state index is 0. The number of aliphatic carboxylic acids is 2. The average Bonchev–Trinajstić information content (AvgIpc) is 2.89. The van der Waals surface area contributed by atoms with Crippen molar-refractivity contribution in [1.82, 2.24) is 0 Å². The van der Waals surface area contributed by atoms with Crippen LogP contribution in [0.5, 0.6) is 0 Å². The number of carboxylic acids is 2. The van der Waals surface area contributed by atoms with Gasteiger partial charge in [0.25, 0.3) is 0 Å². The highest BCUT2D eigenvalue weighted by atomic mass is 24.3. The van der Waals surface area contributed by atoms with Crippen molar-refractivity contribution in [3.05, 3.63) is 0 Å². The third-order valence-corrected chi connectivity index (χ3v) is 7.49. The molecule has 0 fully saturated rings. The molecule has 6 heteroatoms. The van der Waals surface area contributed by atoms with E-state index in [0.29, 0.717) is 12.8 Å². The van der Waals surface area contributed by atoms with E-state index in [1.165, 1.54) is 154 Å². The van der Waals surface area contributed by atoms with Crippen LogP contribution in [0.4, 0.5) is 0 Å². The zero-order valence-corrected chi connectivity index (χ0v) is 25.9. The third-order valence-electron chi connectivity index (χ3n) is 7.49. The molecular weight excluding hydrogens is 521 g/mol. The Morgan fingerprint density at radius 1 is 0.325 bits per heavy atom. The Morgan fingerprint density at radius 3 is 0.625 bits per heavy atom. The second kappa shape index (κ2) is 43.9. The van der Waals surface area contributed by atoms with Gasteiger partial charge in [0.2, 0.25) is 0 Å². The first-order valence-corrected chi connectivity index (χ1v) is 17.0. The maximum absolute atomic E-state index is 10.3. The molecule has 0 aromatic heterocycles. The summed E-state index contributed by atoms with van der Waals surface area (Å²) in [6.45, 7) is 4.53. The van der Waals surface area contributed by atoms with Crippen molar-refractivity contribution in [2.75, 3.05) is 0 Å². The standard InChI is InChI=1S/C18H36O2.C16H32O2.2Mg.4H/c1-2-3-4-5-6-7-8-9-10-11-12-13-14-15-16-17-18(19)20;1-2-3-4-5-6-7-8-9-10-11-12-13-14-15-16(17)18;;;;;;/h2-17H2,1H3,(H,19,20);2-15H2,1H3,(H,17,18);;;;;;. The van der Waals surface area contributed by atoms with Crippen molar-refractivity contribution >= 4 is 58.0 Å². The smallest absolute Gasteiger partial charge is 0.316 e. The molecule has 0 spiro atoms. The van der Waals surface area contributed by atoms with Gasteiger partial charge >= 0.3 is 58.0 Å². The summed E-state index contributed by atoms with van der Waals surface area (Å²) in [7, 11) is 0. The van der Waals surface area contributed by atoms with Gasteiger partial charge < -0.3 is 10.2 Å². The molecule has 0 aliphatic heterocycles. The Balaban J connectivity index is -0.000000310. The molecule has 236 valence electrons. The van der Waals surface area contributed by atoms with Gasteiger partial charge in [0.15, 0.2) is 0 Å². The molecule has 0 unspecified atom stereocenters. The summed E-state index contributed by atoms with van der Waals surface area (Å²) in [5.41, 5.74) is 0. The van der Waals surface area contributed by atoms with Crippen molar-refractivity contribution < 1.29 is 19.8 Å². The molecule has 0 saturated heterocycles. The molecule has 0 saturated carbocycles. The minimum Gasteiger partial charge on any atom is -0.481 e. The summed E-state index contributed by atoms with van der Waals surface area (Å²) in [6.07, 6.45) is 37.5. The molecule has 0 aliphatic carbocycles. The third kappa shape index (κ3) is 51.2. The molecule has 4 nitrogen and oxygen atoms in total. The van der Waals surface area contributed by atoms with Gasteiger partial charge in [-0.05, 0) is 12.8 Å². The van der Waals surface area contributed by atoms with E-state index in [1.807, 2.05) is 0 Å². The van der Waals surface area contributed by atoms with Gasteiger partial charge in [0, 0.05) is 12.8 Å². The second-order valence-corrected chi connectivity index (χ2v) is 11.5. The quantitative estimate of drug-likeness (QED) is 0.0642. The number of rotatable bonds is 30. The molecule has 0 aliphatic rings. The van der Waals surface area contributed by atoms with Crippen LogP contribution in [0.3, 0.4) is 0 Å². The minimum atomic E-state index is -0.655. The van der Waals surface area contributed by atoms with Gasteiger partial charge in [-0.25, -0.2) is 0 Å². The largest absolute Gasteiger partial charge is 0.481 e. The van der Waals surface area contributed by atoms with E-state index in [9.17, 15) is 9.59 Å². The van der Waals surface area contributed by atoms with Crippen molar-refractivity contribution in [1.29, 1.82) is 0 Å². The van der Waals surface area contributed by atoms with E-state index < -0.39 is 11.9 Å². The van der Waals surface area contributed by atoms with Crippen molar-refractivity contribution in [2.45, 2.75) is 206 Å². The fraction of sp³-hybridized carbons (Fsp3) is 0.941. The first-order valence-electron chi connectivity index (χ1n) is 17.0. The average molecular weight is 594 g/mol. The summed E-state index contributed by atoms with van der Waals surface area (Å²) < 4.78 is 0. The zero-order valence-electron chi connectivity index (χ0n) is 25.9. The summed E-state index contributed by atoms with van der Waals surface area (Å²) in [5, 5.41) is 17.0. The van der Waals surface area contributed by atoms with E-state index in [-0.39, 0.29) is 46.1 Å². The van der Waals surface area contributed by atoms with Crippen LogP contribution in [0, 0.1) is 0 Å². The highest BCUT2D eigenvalue weighted by molar-refractivity contribution is 5.76. The number of carbonyl (C=O) groups is 2. The lowest BCUT2D eigenvalue weighted by atomic mass is 10.0. The molecule has 0 amide bonds. The van der Waals surface area contributed by atoms with Crippen LogP contribution >= 0.6 is 0 Å². The highest BCUT2D eigenvalue weighted by Gasteiger charge is 1.98. The number of unbranched alkanes of at least 4 members (excludes halogenated alkanes) is 26. The van der Waals surface area contributed by atoms with Crippen molar-refractivity contribution in [3.8, 4) is 0 Å². The molecule has 0 aromatic rings. The molecular formula is C34H72Mg2O4. The monoisotopic (exact) mass is 593 g/mol. The van der Waals surface area contributed by atoms with Crippen molar-refractivity contribution in [2.24, 2.45) is 0 Å². The van der Waals surface area contributed by atoms with Crippen molar-refractivity contribution in [3.63, 3.8) is 0 Å². The van der Waals surface area contributed by atoms with E-state index in [1.54, 1.807) is 0 Å². The lowest BCUT2D eigenvalue weighted by Gasteiger charge is -2.03. The Morgan fingerprint density at radius 2 is 0.475 bits per heavy atom. The second-order valence-electron chi connectivity index (χ2n) is 11.5. The summed E-state index contributed by atoms with van der Waals surface area (Å²) >= 11 is 0. The van der Waals surface area contributed by atoms with E-state index in [4.69, 9.17) is 10.2 Å². The van der Waals surface area contributed by atoms with Gasteiger partial charge in [0.05, 0.1) is 0 Å². The molecule has 0 atom stereocenters. The van der Waals surface area contributed by atoms with E-state index >= 15 is 0 Å². The molecule has 40 heavy (non-hydrogen) atoms. The predicted octanol–water partition coefficient (Wildman–Crippen LogP) is 10.1. The van der Waals surface area contributed by atoms with Gasteiger partial charge in [-0.2, -0.15) is 0 Å². The number of carboxylic acid groups (broad SMARTS) is 2. The number of hydrogen-bond donors (Lipinski definition) is 2. The normalized spacial score (nSPS) is 10.2. The Labute approximate surface area is 282 Å². The summed E-state index contributed by atoms with van der Waals surface area (Å²) in [6, 6.07) is 0. The Hall–Kier alpha value is 0.472. The summed E-state index contributed by atoms with van der Waals surface area (Å²) in [4.78, 5) is 20.6. The fourth-order valence-corrected chi connectivity index (χ4v) is 4.94. The first kappa shape index (κ1) is 47.4. The van der Waals surface area contributed by atoms with Crippen LogP contribution < -0.4 is 0 Å². The highest BCUT2D eigenvalue weighted by Crippen LogP contribution is 2.14. The molecule has 2 N–H and O–H groups in total. The van der Waals surface area contributed by atoms with Gasteiger partial charge in [0.1, 0.15) is 0 Å². The Bertz CT molecular complexity index is 475. The summed E-state index contributed by atoms with van der Waals surface area (Å²) in [5.74, 6) is -1.31. The van der Waals surface area contributed by atoms with Crippen LogP contribution in [0.1, 0.15) is 206 Å². The van der Waals surface area contributed by atoms with Crippen LogP contribution in [0.15, 0.2) is 0 Å². The van der Waals surface area contributed by atoms with Crippen LogP contribution in [0.2, 0.25) is 0 Å². The van der Waals surface area contributed by atoms with Gasteiger partial charge in [-0.1, -0.05) is 181 Å². The molecule has 0 heterocycles. The molecule has 0 aromatic carbocycles. The van der Waals surface area contributed by atoms with Gasteiger partial charge in [-0.3, -0.25) is 9.59 Å². The van der Waals surface area contributed by atoms with E-state index in [2.05, 4.69) is 13.8 Å². The van der Waals surface area contributed by atoms with E-state index in [0.717, 1.165) is 25.7 Å². The fourth-order valence-electron chi connectivity index (χ4n) is 4.94. The number of hydrogen-bond acceptors (Lipinski definition) is 2. The predicted molar refractivity (Wildman–Crippen MR) is 182 cm³/mol. The zero-order chi connectivity index (χ0) is 28.4. The molecule has 0 rings (SSSR count). The van der Waals surface area contributed by atoms with Gasteiger partial charge in [-0.15, -0.1) is 0 Å². The molecule has 0 bridgehead atoms. The Kier molecular flexibility index (Phi) is 52.1. The lowest BCUT2D eigenvalue weighted by molar-refractivity contribution is -0.138. The lowest BCUT2D eigenvalue weighted by Crippen LogP contribution is -1.93.